The highest BCUT2D eigenvalue weighted by molar-refractivity contribution is 5.90. The molecule has 1 aromatic rings. The molecule has 2 fully saturated rings. The third-order valence-corrected chi connectivity index (χ3v) is 3.87. The second-order valence-corrected chi connectivity index (χ2v) is 5.47. The molecule has 1 saturated heterocycles. The minimum Gasteiger partial charge on any atom is -0.444 e. The Bertz CT molecular complexity index is 521. The summed E-state index contributed by atoms with van der Waals surface area (Å²) in [4.78, 5) is 30.1. The standard InChI is InChI=1S/C14H19N3O3/c1-2-10-7-15-12(20-10)8-17-6-5-11(18)16-13(14(17)19)9-3-4-9/h7,9,13H,2-6,8H2,1H3,(H,16,18). The fourth-order valence-electron chi connectivity index (χ4n) is 2.50. The van der Waals surface area contributed by atoms with E-state index in [1.807, 2.05) is 6.92 Å². The summed E-state index contributed by atoms with van der Waals surface area (Å²) in [7, 11) is 0. The van der Waals surface area contributed by atoms with Gasteiger partial charge in [-0.15, -0.1) is 0 Å². The largest absolute Gasteiger partial charge is 0.444 e. The van der Waals surface area contributed by atoms with Gasteiger partial charge in [0, 0.05) is 19.4 Å². The Morgan fingerprint density at radius 1 is 1.45 bits per heavy atom. The van der Waals surface area contributed by atoms with Gasteiger partial charge in [0.1, 0.15) is 11.8 Å². The van der Waals surface area contributed by atoms with Gasteiger partial charge in [0.2, 0.25) is 17.7 Å². The van der Waals surface area contributed by atoms with Gasteiger partial charge >= 0.3 is 0 Å². The number of rotatable bonds is 4. The Kier molecular flexibility index (Phi) is 3.46. The molecule has 1 unspecified atom stereocenters. The molecular formula is C14H19N3O3. The van der Waals surface area contributed by atoms with Crippen LogP contribution in [0.1, 0.15) is 37.8 Å². The molecule has 6 heteroatoms. The number of hydrogen-bond donors (Lipinski definition) is 1. The first kappa shape index (κ1) is 13.1. The van der Waals surface area contributed by atoms with Crippen molar-refractivity contribution >= 4 is 11.8 Å². The van der Waals surface area contributed by atoms with Crippen molar-refractivity contribution in [1.29, 1.82) is 0 Å². The second-order valence-electron chi connectivity index (χ2n) is 5.47. The minimum atomic E-state index is -0.356. The molecule has 1 aromatic heterocycles. The van der Waals surface area contributed by atoms with E-state index in [2.05, 4.69) is 10.3 Å². The normalized spacial score (nSPS) is 23.6. The van der Waals surface area contributed by atoms with Crippen molar-refractivity contribution in [2.75, 3.05) is 6.54 Å². The zero-order valence-corrected chi connectivity index (χ0v) is 11.6. The molecule has 108 valence electrons. The van der Waals surface area contributed by atoms with Crippen LogP contribution in [-0.2, 0) is 22.6 Å². The lowest BCUT2D eigenvalue weighted by Crippen LogP contribution is -2.45. The highest BCUT2D eigenvalue weighted by Gasteiger charge is 2.41. The molecule has 6 nitrogen and oxygen atoms in total. The van der Waals surface area contributed by atoms with E-state index in [4.69, 9.17) is 4.42 Å². The van der Waals surface area contributed by atoms with E-state index in [0.29, 0.717) is 31.3 Å². The number of oxazole rings is 1. The average Bonchev–Trinajstić information content (AvgIpc) is 3.20. The topological polar surface area (TPSA) is 75.4 Å². The lowest BCUT2D eigenvalue weighted by atomic mass is 10.1. The van der Waals surface area contributed by atoms with E-state index in [-0.39, 0.29) is 17.9 Å². The Morgan fingerprint density at radius 2 is 2.25 bits per heavy atom. The van der Waals surface area contributed by atoms with Crippen molar-refractivity contribution in [1.82, 2.24) is 15.2 Å². The number of amides is 2. The van der Waals surface area contributed by atoms with E-state index in [0.717, 1.165) is 25.0 Å². The number of hydrogen-bond acceptors (Lipinski definition) is 4. The molecule has 3 rings (SSSR count). The van der Waals surface area contributed by atoms with Crippen LogP contribution in [0, 0.1) is 5.92 Å². The lowest BCUT2D eigenvalue weighted by molar-refractivity contribution is -0.134. The third kappa shape index (κ3) is 2.69. The first-order valence-corrected chi connectivity index (χ1v) is 7.19. The summed E-state index contributed by atoms with van der Waals surface area (Å²) in [5, 5.41) is 2.84. The molecular weight excluding hydrogens is 258 g/mol. The maximum absolute atomic E-state index is 12.5. The first-order chi connectivity index (χ1) is 9.67. The van der Waals surface area contributed by atoms with E-state index >= 15 is 0 Å². The van der Waals surface area contributed by atoms with E-state index in [9.17, 15) is 9.59 Å². The number of nitrogens with zero attached hydrogens (tertiary/aromatic N) is 2. The van der Waals surface area contributed by atoms with Crippen LogP contribution in [0.3, 0.4) is 0 Å². The molecule has 1 N–H and O–H groups in total. The minimum absolute atomic E-state index is 0.00500. The van der Waals surface area contributed by atoms with Crippen LogP contribution in [0.4, 0.5) is 0 Å². The molecule has 2 amide bonds. The summed E-state index contributed by atoms with van der Waals surface area (Å²) in [6.07, 6.45) is 4.86. The van der Waals surface area contributed by atoms with Crippen molar-refractivity contribution in [3.05, 3.63) is 17.8 Å². The van der Waals surface area contributed by atoms with Crippen molar-refractivity contribution in [3.63, 3.8) is 0 Å². The molecule has 20 heavy (non-hydrogen) atoms. The monoisotopic (exact) mass is 277 g/mol. The Labute approximate surface area is 117 Å². The molecule has 0 bridgehead atoms. The third-order valence-electron chi connectivity index (χ3n) is 3.87. The lowest BCUT2D eigenvalue weighted by Gasteiger charge is -2.22. The molecule has 1 aliphatic heterocycles. The summed E-state index contributed by atoms with van der Waals surface area (Å²) >= 11 is 0. The van der Waals surface area contributed by atoms with Gasteiger partial charge in [0.15, 0.2) is 0 Å². The molecule has 1 aliphatic carbocycles. The van der Waals surface area contributed by atoms with E-state index in [1.165, 1.54) is 0 Å². The second kappa shape index (κ2) is 5.26. The van der Waals surface area contributed by atoms with Crippen molar-refractivity contribution in [3.8, 4) is 0 Å². The maximum atomic E-state index is 12.5. The number of nitrogens with one attached hydrogen (secondary N) is 1. The van der Waals surface area contributed by atoms with Crippen LogP contribution in [0.2, 0.25) is 0 Å². The summed E-state index contributed by atoms with van der Waals surface area (Å²) < 4.78 is 5.55. The van der Waals surface area contributed by atoms with Crippen LogP contribution in [-0.4, -0.2) is 34.3 Å². The number of aryl methyl sites for hydroxylation is 1. The summed E-state index contributed by atoms with van der Waals surface area (Å²) in [6.45, 7) is 2.77. The van der Waals surface area contributed by atoms with Gasteiger partial charge in [0.25, 0.3) is 0 Å². The van der Waals surface area contributed by atoms with Crippen LogP contribution in [0.5, 0.6) is 0 Å². The van der Waals surface area contributed by atoms with Crippen molar-refractivity contribution < 1.29 is 14.0 Å². The quantitative estimate of drug-likeness (QED) is 0.886. The molecule has 1 saturated carbocycles. The van der Waals surface area contributed by atoms with Gasteiger partial charge in [-0.05, 0) is 18.8 Å². The summed E-state index contributed by atoms with van der Waals surface area (Å²) in [5.74, 6) is 1.62. The molecule has 0 spiro atoms. The van der Waals surface area contributed by atoms with Crippen molar-refractivity contribution in [2.45, 2.75) is 45.2 Å². The van der Waals surface area contributed by atoms with Gasteiger partial charge < -0.3 is 14.6 Å². The van der Waals surface area contributed by atoms with Gasteiger partial charge in [-0.2, -0.15) is 0 Å². The zero-order valence-electron chi connectivity index (χ0n) is 11.6. The van der Waals surface area contributed by atoms with Crippen LogP contribution >= 0.6 is 0 Å². The summed E-state index contributed by atoms with van der Waals surface area (Å²) in [6, 6.07) is -0.356. The molecule has 0 aromatic carbocycles. The predicted octanol–water partition coefficient (Wildman–Crippen LogP) is 0.864. The zero-order chi connectivity index (χ0) is 14.1. The fraction of sp³-hybridized carbons (Fsp3) is 0.643. The fourth-order valence-corrected chi connectivity index (χ4v) is 2.50. The number of aromatic nitrogens is 1. The Hall–Kier alpha value is -1.85. The first-order valence-electron chi connectivity index (χ1n) is 7.19. The molecule has 0 radical (unpaired) electrons. The van der Waals surface area contributed by atoms with Gasteiger partial charge in [-0.3, -0.25) is 9.59 Å². The molecule has 2 heterocycles. The van der Waals surface area contributed by atoms with E-state index < -0.39 is 0 Å². The molecule has 1 atom stereocenters. The van der Waals surface area contributed by atoms with Gasteiger partial charge in [-0.1, -0.05) is 6.92 Å². The Morgan fingerprint density at radius 3 is 2.90 bits per heavy atom. The SMILES string of the molecule is CCc1cnc(CN2CCC(=O)NC(C3CC3)C2=O)o1. The Balaban J connectivity index is 1.73. The smallest absolute Gasteiger partial charge is 0.245 e. The van der Waals surface area contributed by atoms with Crippen LogP contribution in [0.25, 0.3) is 0 Å². The number of carbonyl (C=O) groups excluding carboxylic acids is 2. The maximum Gasteiger partial charge on any atom is 0.245 e. The predicted molar refractivity (Wildman–Crippen MR) is 70.6 cm³/mol. The van der Waals surface area contributed by atoms with Crippen LogP contribution < -0.4 is 5.32 Å². The van der Waals surface area contributed by atoms with Crippen LogP contribution in [0.15, 0.2) is 10.6 Å². The highest BCUT2D eigenvalue weighted by Crippen LogP contribution is 2.34. The van der Waals surface area contributed by atoms with E-state index in [1.54, 1.807) is 11.1 Å². The van der Waals surface area contributed by atoms with Gasteiger partial charge in [-0.25, -0.2) is 4.98 Å². The number of carbonyl (C=O) groups is 2. The highest BCUT2D eigenvalue weighted by atomic mass is 16.4. The van der Waals surface area contributed by atoms with Gasteiger partial charge in [0.05, 0.1) is 12.7 Å². The summed E-state index contributed by atoms with van der Waals surface area (Å²) in [5.41, 5.74) is 0. The van der Waals surface area contributed by atoms with Crippen molar-refractivity contribution in [2.24, 2.45) is 5.92 Å². The molecule has 2 aliphatic rings. The average molecular weight is 277 g/mol.